The van der Waals surface area contributed by atoms with E-state index in [4.69, 9.17) is 16.3 Å². The highest BCUT2D eigenvalue weighted by atomic mass is 35.5. The molecule has 1 aromatic heterocycles. The molecule has 1 aliphatic rings. The SMILES string of the molecule is CC(=O)N1c2ccc(C)cc2-c2nnc(SCCC(C)C)nc2O[C@H]1c1ccccc1Cl. The van der Waals surface area contributed by atoms with Gasteiger partial charge in [0.1, 0.15) is 0 Å². The Morgan fingerprint density at radius 1 is 1.22 bits per heavy atom. The summed E-state index contributed by atoms with van der Waals surface area (Å²) in [5.41, 5.74) is 3.66. The molecule has 0 N–H and O–H groups in total. The Balaban J connectivity index is 1.86. The lowest BCUT2D eigenvalue weighted by Gasteiger charge is -2.30. The summed E-state index contributed by atoms with van der Waals surface area (Å²) in [5.74, 6) is 1.65. The van der Waals surface area contributed by atoms with Gasteiger partial charge in [0.2, 0.25) is 23.2 Å². The van der Waals surface area contributed by atoms with E-state index >= 15 is 0 Å². The van der Waals surface area contributed by atoms with Gasteiger partial charge in [-0.2, -0.15) is 4.98 Å². The summed E-state index contributed by atoms with van der Waals surface area (Å²) in [4.78, 5) is 19.1. The van der Waals surface area contributed by atoms with Gasteiger partial charge in [0.25, 0.3) is 0 Å². The minimum Gasteiger partial charge on any atom is -0.447 e. The van der Waals surface area contributed by atoms with E-state index in [0.29, 0.717) is 38.9 Å². The monoisotopic (exact) mass is 468 g/mol. The summed E-state index contributed by atoms with van der Waals surface area (Å²) in [5, 5.41) is 9.87. The molecule has 0 unspecified atom stereocenters. The lowest BCUT2D eigenvalue weighted by atomic mass is 10.0. The fourth-order valence-electron chi connectivity index (χ4n) is 3.54. The molecule has 166 valence electrons. The number of fused-ring (bicyclic) bond motifs is 3. The van der Waals surface area contributed by atoms with Crippen LogP contribution in [0.5, 0.6) is 5.88 Å². The van der Waals surface area contributed by atoms with E-state index in [0.717, 1.165) is 23.3 Å². The zero-order valence-electron chi connectivity index (χ0n) is 18.5. The van der Waals surface area contributed by atoms with Gasteiger partial charge in [-0.3, -0.25) is 9.69 Å². The maximum atomic E-state index is 12.9. The van der Waals surface area contributed by atoms with Gasteiger partial charge in [-0.25, -0.2) is 0 Å². The van der Waals surface area contributed by atoms with Gasteiger partial charge in [-0.15, -0.1) is 10.2 Å². The molecule has 0 saturated carbocycles. The fraction of sp³-hybridized carbons (Fsp3) is 0.333. The van der Waals surface area contributed by atoms with Crippen LogP contribution in [0.25, 0.3) is 11.3 Å². The average Bonchev–Trinajstić information content (AvgIpc) is 2.88. The number of benzene rings is 2. The van der Waals surface area contributed by atoms with Crippen molar-refractivity contribution in [2.24, 2.45) is 5.92 Å². The molecule has 3 aromatic rings. The minimum atomic E-state index is -0.783. The normalized spacial score (nSPS) is 15.1. The van der Waals surface area contributed by atoms with Gasteiger partial charge in [0.15, 0.2) is 5.69 Å². The second kappa shape index (κ2) is 9.46. The quantitative estimate of drug-likeness (QED) is 0.422. The Morgan fingerprint density at radius 2 is 2.00 bits per heavy atom. The van der Waals surface area contributed by atoms with Crippen molar-refractivity contribution in [2.45, 2.75) is 45.5 Å². The zero-order valence-corrected chi connectivity index (χ0v) is 20.1. The molecule has 2 aromatic carbocycles. The van der Waals surface area contributed by atoms with E-state index in [2.05, 4.69) is 29.0 Å². The van der Waals surface area contributed by atoms with Gasteiger partial charge in [-0.05, 0) is 37.5 Å². The molecule has 1 amide bonds. The number of aryl methyl sites for hydroxylation is 1. The number of amides is 1. The maximum Gasteiger partial charge on any atom is 0.247 e. The summed E-state index contributed by atoms with van der Waals surface area (Å²) in [7, 11) is 0. The van der Waals surface area contributed by atoms with Crippen molar-refractivity contribution in [3.63, 3.8) is 0 Å². The van der Waals surface area contributed by atoms with Gasteiger partial charge < -0.3 is 4.74 Å². The minimum absolute atomic E-state index is 0.174. The summed E-state index contributed by atoms with van der Waals surface area (Å²) in [6.07, 6.45) is 0.267. The Bertz CT molecular complexity index is 1150. The predicted molar refractivity (Wildman–Crippen MR) is 128 cm³/mol. The highest BCUT2D eigenvalue weighted by molar-refractivity contribution is 7.99. The van der Waals surface area contributed by atoms with Crippen LogP contribution in [0.3, 0.4) is 0 Å². The molecule has 0 saturated heterocycles. The number of aromatic nitrogens is 3. The third kappa shape index (κ3) is 4.59. The molecular formula is C24H25ClN4O2S. The third-order valence-electron chi connectivity index (χ3n) is 5.20. The summed E-state index contributed by atoms with van der Waals surface area (Å²) in [6.45, 7) is 7.87. The van der Waals surface area contributed by atoms with Gasteiger partial charge in [-0.1, -0.05) is 67.0 Å². The number of carbonyl (C=O) groups excluding carboxylic acids is 1. The number of thioether (sulfide) groups is 1. The first-order valence-electron chi connectivity index (χ1n) is 10.5. The van der Waals surface area contributed by atoms with E-state index in [1.165, 1.54) is 6.92 Å². The second-order valence-corrected chi connectivity index (χ2v) is 9.65. The van der Waals surface area contributed by atoms with Crippen LogP contribution in [0.4, 0.5) is 5.69 Å². The van der Waals surface area contributed by atoms with Crippen molar-refractivity contribution in [1.29, 1.82) is 0 Å². The molecule has 0 bridgehead atoms. The highest BCUT2D eigenvalue weighted by Crippen LogP contribution is 2.44. The summed E-state index contributed by atoms with van der Waals surface area (Å²) in [6, 6.07) is 13.2. The van der Waals surface area contributed by atoms with E-state index in [1.807, 2.05) is 43.3 Å². The topological polar surface area (TPSA) is 68.2 Å². The Labute approximate surface area is 197 Å². The first-order chi connectivity index (χ1) is 15.3. The molecule has 0 fully saturated rings. The number of hydrogen-bond donors (Lipinski definition) is 0. The van der Waals surface area contributed by atoms with Crippen LogP contribution >= 0.6 is 23.4 Å². The molecule has 32 heavy (non-hydrogen) atoms. The molecular weight excluding hydrogens is 444 g/mol. The number of ether oxygens (including phenoxy) is 1. The van der Waals surface area contributed by atoms with E-state index in [9.17, 15) is 4.79 Å². The Kier molecular flexibility index (Phi) is 6.67. The highest BCUT2D eigenvalue weighted by Gasteiger charge is 2.35. The van der Waals surface area contributed by atoms with Gasteiger partial charge >= 0.3 is 0 Å². The number of nitrogens with zero attached hydrogens (tertiary/aromatic N) is 4. The Hall–Kier alpha value is -2.64. The smallest absolute Gasteiger partial charge is 0.247 e. The maximum absolute atomic E-state index is 12.9. The van der Waals surface area contributed by atoms with Crippen molar-refractivity contribution in [2.75, 3.05) is 10.7 Å². The van der Waals surface area contributed by atoms with Crippen molar-refractivity contribution in [3.8, 4) is 17.1 Å². The second-order valence-electron chi connectivity index (χ2n) is 8.18. The van der Waals surface area contributed by atoms with E-state index < -0.39 is 6.23 Å². The number of carbonyl (C=O) groups is 1. The largest absolute Gasteiger partial charge is 0.447 e. The molecule has 1 atom stereocenters. The van der Waals surface area contributed by atoms with Gasteiger partial charge in [0, 0.05) is 28.8 Å². The van der Waals surface area contributed by atoms with Crippen LogP contribution in [0.2, 0.25) is 5.02 Å². The van der Waals surface area contributed by atoms with Crippen molar-refractivity contribution < 1.29 is 9.53 Å². The van der Waals surface area contributed by atoms with Crippen molar-refractivity contribution in [1.82, 2.24) is 15.2 Å². The lowest BCUT2D eigenvalue weighted by Crippen LogP contribution is -2.36. The third-order valence-corrected chi connectivity index (χ3v) is 6.41. The molecule has 1 aliphatic heterocycles. The lowest BCUT2D eigenvalue weighted by molar-refractivity contribution is -0.118. The van der Waals surface area contributed by atoms with Crippen molar-refractivity contribution in [3.05, 3.63) is 58.6 Å². The molecule has 0 aliphatic carbocycles. The van der Waals surface area contributed by atoms with E-state index in [1.54, 1.807) is 22.7 Å². The van der Waals surface area contributed by atoms with Crippen molar-refractivity contribution >= 4 is 35.0 Å². The number of hydrogen-bond acceptors (Lipinski definition) is 6. The molecule has 2 heterocycles. The summed E-state index contributed by atoms with van der Waals surface area (Å²) >= 11 is 8.07. The van der Waals surface area contributed by atoms with Crippen LogP contribution in [-0.4, -0.2) is 26.8 Å². The van der Waals surface area contributed by atoms with Crippen LogP contribution in [0.1, 0.15) is 44.5 Å². The van der Waals surface area contributed by atoms with Crippen LogP contribution in [0, 0.1) is 12.8 Å². The molecule has 0 spiro atoms. The molecule has 6 nitrogen and oxygen atoms in total. The van der Waals surface area contributed by atoms with Crippen LogP contribution in [0.15, 0.2) is 47.6 Å². The first kappa shape index (κ1) is 22.6. The van der Waals surface area contributed by atoms with Crippen LogP contribution < -0.4 is 9.64 Å². The average molecular weight is 469 g/mol. The predicted octanol–water partition coefficient (Wildman–Crippen LogP) is 6.08. The standard InChI is InChI=1S/C24H25ClN4O2S/c1-14(2)11-12-32-24-26-22-21(27-28-24)18-13-15(3)9-10-20(18)29(16(4)30)23(31-22)17-7-5-6-8-19(17)25/h5-10,13-14,23H,11-12H2,1-4H3/t23-/m0/s1. The summed E-state index contributed by atoms with van der Waals surface area (Å²) < 4.78 is 6.38. The molecule has 4 rings (SSSR count). The number of rotatable bonds is 5. The Morgan fingerprint density at radius 3 is 2.72 bits per heavy atom. The van der Waals surface area contributed by atoms with Crippen LogP contribution in [-0.2, 0) is 4.79 Å². The zero-order chi connectivity index (χ0) is 22.8. The molecule has 8 heteroatoms. The van der Waals surface area contributed by atoms with E-state index in [-0.39, 0.29) is 5.91 Å². The first-order valence-corrected chi connectivity index (χ1v) is 11.9. The number of halogens is 1. The number of anilines is 1. The fourth-order valence-corrected chi connectivity index (χ4v) is 4.79. The van der Waals surface area contributed by atoms with Gasteiger partial charge in [0.05, 0.1) is 5.69 Å². The molecule has 0 radical (unpaired) electrons.